The van der Waals surface area contributed by atoms with Crippen LogP contribution in [0.25, 0.3) is 0 Å². The molecule has 1 aliphatic carbocycles. The molecule has 16 heavy (non-hydrogen) atoms. The Kier molecular flexibility index (Phi) is 3.29. The van der Waals surface area contributed by atoms with E-state index < -0.39 is 0 Å². The van der Waals surface area contributed by atoms with E-state index in [2.05, 4.69) is 19.2 Å². The summed E-state index contributed by atoms with van der Waals surface area (Å²) in [5, 5.41) is 3.52. The molecule has 0 amide bonds. The van der Waals surface area contributed by atoms with Gasteiger partial charge in [-0.15, -0.1) is 0 Å². The molecule has 1 aromatic rings. The molecular formula is C14H20FN. The van der Waals surface area contributed by atoms with Gasteiger partial charge < -0.3 is 5.32 Å². The molecule has 0 atom stereocenters. The van der Waals surface area contributed by atoms with Gasteiger partial charge in [-0.1, -0.05) is 38.5 Å². The number of hydrogen-bond acceptors (Lipinski definition) is 1. The first-order valence-corrected chi connectivity index (χ1v) is 6.08. The Labute approximate surface area is 97.1 Å². The van der Waals surface area contributed by atoms with Gasteiger partial charge in [0.2, 0.25) is 0 Å². The highest BCUT2D eigenvalue weighted by Gasteiger charge is 2.26. The van der Waals surface area contributed by atoms with Gasteiger partial charge >= 0.3 is 0 Å². The molecule has 1 aliphatic rings. The van der Waals surface area contributed by atoms with Crippen molar-refractivity contribution >= 4 is 0 Å². The minimum Gasteiger partial charge on any atom is -0.313 e. The Hall–Kier alpha value is -0.890. The lowest BCUT2D eigenvalue weighted by Gasteiger charge is -2.32. The molecule has 0 saturated heterocycles. The standard InChI is InChI=1S/C14H20FN/c1-14(2,10-16-11-6-5-7-11)12-8-3-4-9-13(12)15/h3-4,8-9,11,16H,5-7,10H2,1-2H3. The van der Waals surface area contributed by atoms with Crippen molar-refractivity contribution < 1.29 is 4.39 Å². The van der Waals surface area contributed by atoms with Crippen molar-refractivity contribution in [3.63, 3.8) is 0 Å². The first-order chi connectivity index (χ1) is 7.59. The van der Waals surface area contributed by atoms with Crippen molar-refractivity contribution in [1.29, 1.82) is 0 Å². The fourth-order valence-corrected chi connectivity index (χ4v) is 2.12. The van der Waals surface area contributed by atoms with E-state index in [0.29, 0.717) is 6.04 Å². The Bertz CT molecular complexity index is 356. The van der Waals surface area contributed by atoms with Crippen LogP contribution < -0.4 is 5.32 Å². The van der Waals surface area contributed by atoms with Crippen LogP contribution in [0.5, 0.6) is 0 Å². The zero-order chi connectivity index (χ0) is 11.6. The van der Waals surface area contributed by atoms with Gasteiger partial charge in [0.15, 0.2) is 0 Å². The number of halogens is 1. The van der Waals surface area contributed by atoms with Crippen molar-refractivity contribution in [3.05, 3.63) is 35.6 Å². The lowest BCUT2D eigenvalue weighted by atomic mass is 9.83. The van der Waals surface area contributed by atoms with Crippen molar-refractivity contribution in [1.82, 2.24) is 5.32 Å². The summed E-state index contributed by atoms with van der Waals surface area (Å²) in [5.74, 6) is -0.0945. The zero-order valence-corrected chi connectivity index (χ0v) is 10.1. The van der Waals surface area contributed by atoms with E-state index in [1.54, 1.807) is 12.1 Å². The third-order valence-electron chi connectivity index (χ3n) is 3.54. The molecule has 0 aliphatic heterocycles. The number of hydrogen-bond donors (Lipinski definition) is 1. The van der Waals surface area contributed by atoms with E-state index in [4.69, 9.17) is 0 Å². The Morgan fingerprint density at radius 3 is 2.56 bits per heavy atom. The topological polar surface area (TPSA) is 12.0 Å². The van der Waals surface area contributed by atoms with E-state index in [1.807, 2.05) is 12.1 Å². The van der Waals surface area contributed by atoms with Crippen LogP contribution in [0.1, 0.15) is 38.7 Å². The third kappa shape index (κ3) is 2.43. The molecule has 0 heterocycles. The van der Waals surface area contributed by atoms with Crippen LogP contribution in [0.2, 0.25) is 0 Å². The predicted molar refractivity (Wildman–Crippen MR) is 65.1 cm³/mol. The lowest BCUT2D eigenvalue weighted by molar-refractivity contribution is 0.308. The highest BCUT2D eigenvalue weighted by atomic mass is 19.1. The highest BCUT2D eigenvalue weighted by Crippen LogP contribution is 2.26. The molecule has 1 aromatic carbocycles. The van der Waals surface area contributed by atoms with Crippen molar-refractivity contribution in [3.8, 4) is 0 Å². The number of nitrogens with one attached hydrogen (secondary N) is 1. The van der Waals surface area contributed by atoms with Crippen LogP contribution in [0.4, 0.5) is 4.39 Å². The summed E-state index contributed by atoms with van der Waals surface area (Å²) in [7, 11) is 0. The zero-order valence-electron chi connectivity index (χ0n) is 10.1. The lowest BCUT2D eigenvalue weighted by Crippen LogP contribution is -2.42. The van der Waals surface area contributed by atoms with Gasteiger partial charge in [-0.3, -0.25) is 0 Å². The van der Waals surface area contributed by atoms with Crippen LogP contribution in [-0.2, 0) is 5.41 Å². The predicted octanol–water partition coefficient (Wildman–Crippen LogP) is 3.25. The van der Waals surface area contributed by atoms with E-state index >= 15 is 0 Å². The second-order valence-corrected chi connectivity index (χ2v) is 5.37. The highest BCUT2D eigenvalue weighted by molar-refractivity contribution is 5.25. The average Bonchev–Trinajstić information content (AvgIpc) is 2.15. The molecule has 0 unspecified atom stereocenters. The molecule has 1 nitrogen and oxygen atoms in total. The molecule has 0 bridgehead atoms. The summed E-state index contributed by atoms with van der Waals surface area (Å²) >= 11 is 0. The summed E-state index contributed by atoms with van der Waals surface area (Å²) < 4.78 is 13.7. The summed E-state index contributed by atoms with van der Waals surface area (Å²) in [5.41, 5.74) is 0.669. The van der Waals surface area contributed by atoms with Gasteiger partial charge in [-0.2, -0.15) is 0 Å². The summed E-state index contributed by atoms with van der Waals surface area (Å²) in [4.78, 5) is 0. The van der Waals surface area contributed by atoms with E-state index in [9.17, 15) is 4.39 Å². The van der Waals surface area contributed by atoms with Crippen molar-refractivity contribution in [2.24, 2.45) is 0 Å². The van der Waals surface area contributed by atoms with Gasteiger partial charge in [0.25, 0.3) is 0 Å². The fraction of sp³-hybridized carbons (Fsp3) is 0.571. The SMILES string of the molecule is CC(C)(CNC1CCC1)c1ccccc1F. The second kappa shape index (κ2) is 4.54. The van der Waals surface area contributed by atoms with Gasteiger partial charge in [0.05, 0.1) is 0 Å². The molecule has 88 valence electrons. The number of rotatable bonds is 4. The molecule has 2 heteroatoms. The quantitative estimate of drug-likeness (QED) is 0.823. The largest absolute Gasteiger partial charge is 0.313 e. The second-order valence-electron chi connectivity index (χ2n) is 5.37. The molecule has 0 aromatic heterocycles. The van der Waals surface area contributed by atoms with Gasteiger partial charge in [0, 0.05) is 18.0 Å². The van der Waals surface area contributed by atoms with E-state index in [1.165, 1.54) is 19.3 Å². The maximum absolute atomic E-state index is 13.7. The first-order valence-electron chi connectivity index (χ1n) is 6.08. The van der Waals surface area contributed by atoms with Gasteiger partial charge in [-0.25, -0.2) is 4.39 Å². The molecule has 1 saturated carbocycles. The Balaban J connectivity index is 2.02. The monoisotopic (exact) mass is 221 g/mol. The smallest absolute Gasteiger partial charge is 0.126 e. The molecule has 1 N–H and O–H groups in total. The maximum atomic E-state index is 13.7. The van der Waals surface area contributed by atoms with Crippen molar-refractivity contribution in [2.75, 3.05) is 6.54 Å². The fourth-order valence-electron chi connectivity index (χ4n) is 2.12. The minimum absolute atomic E-state index is 0.0945. The van der Waals surface area contributed by atoms with Crippen LogP contribution in [0.15, 0.2) is 24.3 Å². The Morgan fingerprint density at radius 2 is 2.00 bits per heavy atom. The van der Waals surface area contributed by atoms with Crippen LogP contribution >= 0.6 is 0 Å². The first kappa shape index (κ1) is 11.6. The summed E-state index contributed by atoms with van der Waals surface area (Å²) in [6, 6.07) is 7.74. The van der Waals surface area contributed by atoms with E-state index in [0.717, 1.165) is 12.1 Å². The van der Waals surface area contributed by atoms with Crippen LogP contribution in [0.3, 0.4) is 0 Å². The van der Waals surface area contributed by atoms with Crippen molar-refractivity contribution in [2.45, 2.75) is 44.6 Å². The van der Waals surface area contributed by atoms with Gasteiger partial charge in [-0.05, 0) is 24.5 Å². The number of benzene rings is 1. The van der Waals surface area contributed by atoms with Gasteiger partial charge in [0.1, 0.15) is 5.82 Å². The maximum Gasteiger partial charge on any atom is 0.126 e. The summed E-state index contributed by atoms with van der Waals surface area (Å²) in [6.45, 7) is 5.03. The molecule has 0 spiro atoms. The minimum atomic E-state index is -0.138. The third-order valence-corrected chi connectivity index (χ3v) is 3.54. The molecular weight excluding hydrogens is 201 g/mol. The normalized spacial score (nSPS) is 17.2. The van der Waals surface area contributed by atoms with E-state index in [-0.39, 0.29) is 11.2 Å². The molecule has 0 radical (unpaired) electrons. The van der Waals surface area contributed by atoms with Crippen LogP contribution in [0, 0.1) is 5.82 Å². The molecule has 1 fully saturated rings. The van der Waals surface area contributed by atoms with Crippen LogP contribution in [-0.4, -0.2) is 12.6 Å². The molecule has 2 rings (SSSR count). The average molecular weight is 221 g/mol. The summed E-state index contributed by atoms with van der Waals surface area (Å²) in [6.07, 6.45) is 3.87. The Morgan fingerprint density at radius 1 is 1.31 bits per heavy atom.